The van der Waals surface area contributed by atoms with Gasteiger partial charge in [0, 0.05) is 0 Å². The van der Waals surface area contributed by atoms with Crippen molar-refractivity contribution in [3.8, 4) is 6.07 Å². The maximum atomic E-state index is 13.0. The third-order valence-electron chi connectivity index (χ3n) is 3.58. The molecule has 0 bridgehead atoms. The Balaban J connectivity index is 1.84. The molecule has 1 amide bonds. The number of amides is 1. The first-order valence-corrected chi connectivity index (χ1v) is 6.17. The molecule has 5 nitrogen and oxygen atoms in total. The highest BCUT2D eigenvalue weighted by molar-refractivity contribution is 6.01. The van der Waals surface area contributed by atoms with Crippen LogP contribution in [0.5, 0.6) is 0 Å². The molecule has 1 fully saturated rings. The fourth-order valence-electron chi connectivity index (χ4n) is 2.24. The van der Waals surface area contributed by atoms with Crippen molar-refractivity contribution in [3.05, 3.63) is 47.4 Å². The lowest BCUT2D eigenvalue weighted by atomic mass is 9.95. The van der Waals surface area contributed by atoms with Gasteiger partial charge in [0.1, 0.15) is 23.3 Å². The Morgan fingerprint density at radius 2 is 2.10 bits per heavy atom. The summed E-state index contributed by atoms with van der Waals surface area (Å²) in [7, 11) is 0. The van der Waals surface area contributed by atoms with Crippen molar-refractivity contribution >= 4 is 11.7 Å². The van der Waals surface area contributed by atoms with Crippen molar-refractivity contribution in [1.29, 1.82) is 5.26 Å². The number of hydrogen-bond acceptors (Lipinski definition) is 3. The fourth-order valence-corrected chi connectivity index (χ4v) is 2.24. The molecule has 0 aliphatic heterocycles. The van der Waals surface area contributed by atoms with Crippen molar-refractivity contribution < 1.29 is 9.18 Å². The summed E-state index contributed by atoms with van der Waals surface area (Å²) < 4.78 is 13.0. The van der Waals surface area contributed by atoms with E-state index in [2.05, 4.69) is 15.5 Å². The number of nitrogens with one attached hydrogen (secondary N) is 2. The topological polar surface area (TPSA) is 81.6 Å². The summed E-state index contributed by atoms with van der Waals surface area (Å²) in [5.74, 6) is -0.235. The number of benzene rings is 1. The van der Waals surface area contributed by atoms with E-state index in [1.165, 1.54) is 18.3 Å². The van der Waals surface area contributed by atoms with Crippen LogP contribution in [0.25, 0.3) is 0 Å². The summed E-state index contributed by atoms with van der Waals surface area (Å²) in [6.45, 7) is 0. The van der Waals surface area contributed by atoms with Gasteiger partial charge in [0.25, 0.3) is 0 Å². The third-order valence-corrected chi connectivity index (χ3v) is 3.58. The predicted molar refractivity (Wildman–Crippen MR) is 69.2 cm³/mol. The molecule has 100 valence electrons. The van der Waals surface area contributed by atoms with E-state index in [-0.39, 0.29) is 17.3 Å². The molecule has 20 heavy (non-hydrogen) atoms. The van der Waals surface area contributed by atoms with E-state index in [1.54, 1.807) is 12.1 Å². The Morgan fingerprint density at radius 3 is 2.70 bits per heavy atom. The highest BCUT2D eigenvalue weighted by atomic mass is 19.1. The number of rotatable bonds is 3. The van der Waals surface area contributed by atoms with Crippen LogP contribution in [-0.4, -0.2) is 16.1 Å². The van der Waals surface area contributed by atoms with Gasteiger partial charge in [-0.1, -0.05) is 12.1 Å². The molecule has 1 heterocycles. The number of aromatic nitrogens is 2. The van der Waals surface area contributed by atoms with Gasteiger partial charge in [-0.25, -0.2) is 4.39 Å². The quantitative estimate of drug-likeness (QED) is 0.896. The third kappa shape index (κ3) is 1.93. The maximum Gasteiger partial charge on any atom is 0.236 e. The first kappa shape index (κ1) is 12.4. The SMILES string of the molecule is N#Cc1cn[nH]c1NC(=O)C1(c2ccc(F)cc2)CC1. The molecule has 3 rings (SSSR count). The standard InChI is InChI=1S/C14H11FN4O/c15-11-3-1-10(2-4-11)14(5-6-14)13(20)18-12-9(7-16)8-17-19-12/h1-4,8H,5-6H2,(H2,17,18,19,20). The molecule has 1 aliphatic rings. The molecule has 1 aromatic heterocycles. The van der Waals surface area contributed by atoms with Crippen LogP contribution in [0.4, 0.5) is 10.2 Å². The average Bonchev–Trinajstić information content (AvgIpc) is 3.15. The minimum atomic E-state index is -0.620. The second-order valence-electron chi connectivity index (χ2n) is 4.81. The van der Waals surface area contributed by atoms with Crippen LogP contribution in [0.2, 0.25) is 0 Å². The summed E-state index contributed by atoms with van der Waals surface area (Å²) in [5.41, 5.74) is 0.452. The maximum absolute atomic E-state index is 13.0. The van der Waals surface area contributed by atoms with Crippen LogP contribution in [-0.2, 0) is 10.2 Å². The number of carbonyl (C=O) groups is 1. The van der Waals surface area contributed by atoms with E-state index in [1.807, 2.05) is 6.07 Å². The van der Waals surface area contributed by atoms with Crippen molar-refractivity contribution in [1.82, 2.24) is 10.2 Å². The van der Waals surface area contributed by atoms with E-state index in [0.29, 0.717) is 18.7 Å². The number of carbonyl (C=O) groups excluding carboxylic acids is 1. The number of anilines is 1. The van der Waals surface area contributed by atoms with Gasteiger partial charge in [-0.2, -0.15) is 10.4 Å². The number of H-pyrrole nitrogens is 1. The van der Waals surface area contributed by atoms with Gasteiger partial charge in [0.05, 0.1) is 11.6 Å². The van der Waals surface area contributed by atoms with Gasteiger partial charge in [-0.15, -0.1) is 0 Å². The van der Waals surface area contributed by atoms with Gasteiger partial charge in [0.15, 0.2) is 0 Å². The van der Waals surface area contributed by atoms with Crippen LogP contribution in [0.1, 0.15) is 24.0 Å². The molecule has 1 aliphatic carbocycles. The Kier molecular flexibility index (Phi) is 2.75. The normalized spacial score (nSPS) is 15.4. The lowest BCUT2D eigenvalue weighted by Crippen LogP contribution is -2.28. The number of halogens is 1. The zero-order chi connectivity index (χ0) is 14.2. The van der Waals surface area contributed by atoms with Crippen LogP contribution >= 0.6 is 0 Å². The Morgan fingerprint density at radius 1 is 1.40 bits per heavy atom. The minimum absolute atomic E-state index is 0.204. The van der Waals surface area contributed by atoms with Gasteiger partial charge in [-0.3, -0.25) is 9.89 Å². The minimum Gasteiger partial charge on any atom is -0.309 e. The Hall–Kier alpha value is -2.68. The molecular formula is C14H11FN4O. The molecule has 0 unspecified atom stereocenters. The molecule has 0 saturated heterocycles. The van der Waals surface area contributed by atoms with E-state index in [0.717, 1.165) is 5.56 Å². The van der Waals surface area contributed by atoms with E-state index >= 15 is 0 Å². The number of aromatic amines is 1. The monoisotopic (exact) mass is 270 g/mol. The largest absolute Gasteiger partial charge is 0.309 e. The number of nitriles is 1. The van der Waals surface area contributed by atoms with Gasteiger partial charge in [0.2, 0.25) is 5.91 Å². The lowest BCUT2D eigenvalue weighted by molar-refractivity contribution is -0.118. The fraction of sp³-hybridized carbons (Fsp3) is 0.214. The first-order valence-electron chi connectivity index (χ1n) is 6.17. The van der Waals surface area contributed by atoms with Crippen LogP contribution in [0.3, 0.4) is 0 Å². The molecule has 0 atom stereocenters. The first-order chi connectivity index (χ1) is 9.65. The smallest absolute Gasteiger partial charge is 0.236 e. The molecule has 2 N–H and O–H groups in total. The number of nitrogens with zero attached hydrogens (tertiary/aromatic N) is 2. The molecule has 2 aromatic rings. The zero-order valence-corrected chi connectivity index (χ0v) is 10.5. The van der Waals surface area contributed by atoms with Crippen LogP contribution < -0.4 is 5.32 Å². The van der Waals surface area contributed by atoms with E-state index in [4.69, 9.17) is 5.26 Å². The Bertz CT molecular complexity index is 695. The molecule has 1 saturated carbocycles. The summed E-state index contributed by atoms with van der Waals surface area (Å²) >= 11 is 0. The van der Waals surface area contributed by atoms with Crippen molar-refractivity contribution in [2.24, 2.45) is 0 Å². The molecule has 0 radical (unpaired) electrons. The average molecular weight is 270 g/mol. The zero-order valence-electron chi connectivity index (χ0n) is 10.5. The van der Waals surface area contributed by atoms with Gasteiger partial charge >= 0.3 is 0 Å². The second kappa shape index (κ2) is 4.46. The molecule has 6 heteroatoms. The van der Waals surface area contributed by atoms with Crippen molar-refractivity contribution in [3.63, 3.8) is 0 Å². The predicted octanol–water partition coefficient (Wildman–Crippen LogP) is 2.09. The second-order valence-corrected chi connectivity index (χ2v) is 4.81. The van der Waals surface area contributed by atoms with E-state index < -0.39 is 5.41 Å². The Labute approximate surface area is 114 Å². The molecular weight excluding hydrogens is 259 g/mol. The van der Waals surface area contributed by atoms with Crippen molar-refractivity contribution in [2.75, 3.05) is 5.32 Å². The van der Waals surface area contributed by atoms with Crippen LogP contribution in [0, 0.1) is 17.1 Å². The number of hydrogen-bond donors (Lipinski definition) is 2. The summed E-state index contributed by atoms with van der Waals surface area (Å²) in [6, 6.07) is 7.89. The molecule has 0 spiro atoms. The molecule has 1 aromatic carbocycles. The summed E-state index contributed by atoms with van der Waals surface area (Å²) in [5, 5.41) is 17.9. The highest BCUT2D eigenvalue weighted by Gasteiger charge is 2.51. The van der Waals surface area contributed by atoms with Crippen LogP contribution in [0.15, 0.2) is 30.5 Å². The summed E-state index contributed by atoms with van der Waals surface area (Å²) in [6.07, 6.45) is 2.77. The van der Waals surface area contributed by atoms with Gasteiger partial charge < -0.3 is 5.32 Å². The lowest BCUT2D eigenvalue weighted by Gasteiger charge is -2.15. The van der Waals surface area contributed by atoms with Crippen molar-refractivity contribution in [2.45, 2.75) is 18.3 Å². The van der Waals surface area contributed by atoms with E-state index in [9.17, 15) is 9.18 Å². The summed E-state index contributed by atoms with van der Waals surface area (Å²) in [4.78, 5) is 12.4. The highest BCUT2D eigenvalue weighted by Crippen LogP contribution is 2.49. The van der Waals surface area contributed by atoms with Gasteiger partial charge in [-0.05, 0) is 30.5 Å².